The summed E-state index contributed by atoms with van der Waals surface area (Å²) in [5, 5.41) is 0. The molecule has 2 heterocycles. The summed E-state index contributed by atoms with van der Waals surface area (Å²) in [5.41, 5.74) is -0.542. The molecule has 0 bridgehead atoms. The van der Waals surface area contributed by atoms with Gasteiger partial charge in [-0.2, -0.15) is 13.2 Å². The number of rotatable bonds is 1. The third-order valence-electron chi connectivity index (χ3n) is 1.72. The van der Waals surface area contributed by atoms with Crippen LogP contribution in [0.3, 0.4) is 0 Å². The van der Waals surface area contributed by atoms with E-state index in [1.165, 1.54) is 29.3 Å². The molecule has 0 amide bonds. The number of nitrogens with zero attached hydrogens (tertiary/aromatic N) is 2. The third-order valence-corrected chi connectivity index (χ3v) is 3.71. The zero-order valence-corrected chi connectivity index (χ0v) is 9.13. The standard InChI is InChI=1S/C8H5F3N2S2/c1-14-7-13-4-2-6(8(9,10)11)12-3-5(4)15-7/h2-3H,1H3. The molecular formula is C8H5F3N2S2. The fourth-order valence-electron chi connectivity index (χ4n) is 1.06. The molecule has 0 aromatic carbocycles. The minimum atomic E-state index is -4.41. The highest BCUT2D eigenvalue weighted by molar-refractivity contribution is 8.00. The number of hydrogen-bond acceptors (Lipinski definition) is 4. The Morgan fingerprint density at radius 2 is 2.13 bits per heavy atom. The van der Waals surface area contributed by atoms with Gasteiger partial charge in [-0.05, 0) is 12.3 Å². The van der Waals surface area contributed by atoms with E-state index in [0.717, 1.165) is 10.4 Å². The average molecular weight is 250 g/mol. The lowest BCUT2D eigenvalue weighted by Gasteiger charge is -2.03. The van der Waals surface area contributed by atoms with Crippen LogP contribution in [-0.2, 0) is 6.18 Å². The van der Waals surface area contributed by atoms with Crippen LogP contribution in [0.25, 0.3) is 10.2 Å². The van der Waals surface area contributed by atoms with E-state index >= 15 is 0 Å². The summed E-state index contributed by atoms with van der Waals surface area (Å²) in [6, 6.07) is 0.978. The maximum absolute atomic E-state index is 12.3. The number of aromatic nitrogens is 2. The Balaban J connectivity index is 2.55. The number of thiazole rings is 1. The summed E-state index contributed by atoms with van der Waals surface area (Å²) < 4.78 is 38.4. The number of pyridine rings is 1. The van der Waals surface area contributed by atoms with E-state index in [9.17, 15) is 13.2 Å². The second kappa shape index (κ2) is 3.64. The molecule has 0 N–H and O–H groups in total. The van der Waals surface area contributed by atoms with Crippen molar-refractivity contribution in [1.82, 2.24) is 9.97 Å². The van der Waals surface area contributed by atoms with Crippen LogP contribution in [0.1, 0.15) is 5.69 Å². The van der Waals surface area contributed by atoms with Crippen LogP contribution in [0.2, 0.25) is 0 Å². The molecule has 0 aliphatic carbocycles. The Hall–Kier alpha value is -0.820. The molecule has 2 rings (SSSR count). The summed E-state index contributed by atoms with van der Waals surface area (Å²) in [4.78, 5) is 7.41. The quantitative estimate of drug-likeness (QED) is 0.725. The number of thioether (sulfide) groups is 1. The Labute approximate surface area is 91.5 Å². The van der Waals surface area contributed by atoms with Crippen molar-refractivity contribution < 1.29 is 13.2 Å². The highest BCUT2D eigenvalue weighted by Gasteiger charge is 2.32. The minimum absolute atomic E-state index is 0.353. The first kappa shape index (κ1) is 10.7. The zero-order valence-electron chi connectivity index (χ0n) is 7.50. The lowest BCUT2D eigenvalue weighted by Crippen LogP contribution is -2.06. The average Bonchev–Trinajstić information content (AvgIpc) is 2.57. The summed E-state index contributed by atoms with van der Waals surface area (Å²) in [6.45, 7) is 0. The van der Waals surface area contributed by atoms with Crippen molar-refractivity contribution in [2.45, 2.75) is 10.5 Å². The van der Waals surface area contributed by atoms with Crippen molar-refractivity contribution in [1.29, 1.82) is 0 Å². The topological polar surface area (TPSA) is 25.8 Å². The zero-order chi connectivity index (χ0) is 11.1. The van der Waals surface area contributed by atoms with Crippen LogP contribution in [-0.4, -0.2) is 16.2 Å². The number of halogens is 3. The second-order valence-corrected chi connectivity index (χ2v) is 4.80. The van der Waals surface area contributed by atoms with Crippen molar-refractivity contribution in [2.75, 3.05) is 6.26 Å². The fraction of sp³-hybridized carbons (Fsp3) is 0.250. The van der Waals surface area contributed by atoms with Crippen LogP contribution in [0.4, 0.5) is 13.2 Å². The van der Waals surface area contributed by atoms with E-state index in [1.54, 1.807) is 0 Å². The van der Waals surface area contributed by atoms with Crippen LogP contribution < -0.4 is 0 Å². The van der Waals surface area contributed by atoms with Gasteiger partial charge >= 0.3 is 6.18 Å². The molecule has 0 aliphatic rings. The third kappa shape index (κ3) is 2.07. The Morgan fingerprint density at radius 3 is 2.73 bits per heavy atom. The van der Waals surface area contributed by atoms with E-state index in [4.69, 9.17) is 0 Å². The van der Waals surface area contributed by atoms with Crippen molar-refractivity contribution in [3.05, 3.63) is 18.0 Å². The van der Waals surface area contributed by atoms with Crippen LogP contribution in [0.5, 0.6) is 0 Å². The van der Waals surface area contributed by atoms with E-state index < -0.39 is 11.9 Å². The van der Waals surface area contributed by atoms with Crippen LogP contribution in [0, 0.1) is 0 Å². The van der Waals surface area contributed by atoms with Crippen molar-refractivity contribution in [3.8, 4) is 0 Å². The second-order valence-electron chi connectivity index (χ2n) is 2.72. The lowest BCUT2D eigenvalue weighted by atomic mass is 10.3. The molecule has 80 valence electrons. The highest BCUT2D eigenvalue weighted by Crippen LogP contribution is 2.32. The van der Waals surface area contributed by atoms with E-state index in [2.05, 4.69) is 9.97 Å². The van der Waals surface area contributed by atoms with Gasteiger partial charge in [-0.15, -0.1) is 11.3 Å². The molecule has 0 spiro atoms. The number of hydrogen-bond donors (Lipinski definition) is 0. The predicted octanol–water partition coefficient (Wildman–Crippen LogP) is 3.43. The number of alkyl halides is 3. The smallest absolute Gasteiger partial charge is 0.250 e. The molecule has 7 heteroatoms. The largest absolute Gasteiger partial charge is 0.433 e. The van der Waals surface area contributed by atoms with Crippen LogP contribution >= 0.6 is 23.1 Å². The molecule has 0 fully saturated rings. The van der Waals surface area contributed by atoms with Gasteiger partial charge in [-0.3, -0.25) is 4.98 Å². The maximum atomic E-state index is 12.3. The van der Waals surface area contributed by atoms with Gasteiger partial charge < -0.3 is 0 Å². The molecule has 2 aromatic rings. The molecule has 0 radical (unpaired) electrons. The van der Waals surface area contributed by atoms with Gasteiger partial charge in [-0.1, -0.05) is 11.8 Å². The highest BCUT2D eigenvalue weighted by atomic mass is 32.2. The van der Waals surface area contributed by atoms with Crippen LogP contribution in [0.15, 0.2) is 16.6 Å². The molecule has 2 nitrogen and oxygen atoms in total. The Morgan fingerprint density at radius 1 is 1.40 bits per heavy atom. The van der Waals surface area contributed by atoms with Gasteiger partial charge in [0.15, 0.2) is 4.34 Å². The van der Waals surface area contributed by atoms with Crippen molar-refractivity contribution in [3.63, 3.8) is 0 Å². The monoisotopic (exact) mass is 250 g/mol. The molecule has 15 heavy (non-hydrogen) atoms. The van der Waals surface area contributed by atoms with Gasteiger partial charge in [0, 0.05) is 6.20 Å². The van der Waals surface area contributed by atoms with Gasteiger partial charge in [0.2, 0.25) is 0 Å². The van der Waals surface area contributed by atoms with E-state index in [0.29, 0.717) is 10.2 Å². The first-order chi connectivity index (χ1) is 7.00. The molecule has 0 saturated heterocycles. The van der Waals surface area contributed by atoms with Gasteiger partial charge in [-0.25, -0.2) is 4.98 Å². The van der Waals surface area contributed by atoms with Gasteiger partial charge in [0.25, 0.3) is 0 Å². The maximum Gasteiger partial charge on any atom is 0.433 e. The lowest BCUT2D eigenvalue weighted by molar-refractivity contribution is -0.141. The first-order valence-corrected chi connectivity index (χ1v) is 5.92. The molecular weight excluding hydrogens is 245 g/mol. The molecule has 0 unspecified atom stereocenters. The Kier molecular flexibility index (Phi) is 2.59. The summed E-state index contributed by atoms with van der Waals surface area (Å²) in [6.07, 6.45) is -1.36. The predicted molar refractivity (Wildman–Crippen MR) is 54.2 cm³/mol. The summed E-state index contributed by atoms with van der Waals surface area (Å²) >= 11 is 2.74. The van der Waals surface area contributed by atoms with Crippen molar-refractivity contribution >= 4 is 33.3 Å². The fourth-order valence-corrected chi connectivity index (χ4v) is 2.49. The summed E-state index contributed by atoms with van der Waals surface area (Å²) in [7, 11) is 0. The first-order valence-electron chi connectivity index (χ1n) is 3.88. The summed E-state index contributed by atoms with van der Waals surface area (Å²) in [5.74, 6) is 0. The minimum Gasteiger partial charge on any atom is -0.250 e. The van der Waals surface area contributed by atoms with E-state index in [1.807, 2.05) is 6.26 Å². The van der Waals surface area contributed by atoms with E-state index in [-0.39, 0.29) is 0 Å². The normalized spacial score (nSPS) is 12.3. The molecule has 0 saturated carbocycles. The Bertz CT molecular complexity index is 492. The molecule has 0 atom stereocenters. The SMILES string of the molecule is CSc1nc2cc(C(F)(F)F)ncc2s1. The van der Waals surface area contributed by atoms with Gasteiger partial charge in [0.1, 0.15) is 5.69 Å². The molecule has 0 aliphatic heterocycles. The van der Waals surface area contributed by atoms with Gasteiger partial charge in [0.05, 0.1) is 10.2 Å². The van der Waals surface area contributed by atoms with Crippen molar-refractivity contribution in [2.24, 2.45) is 0 Å². The number of fused-ring (bicyclic) bond motifs is 1. The molecule has 2 aromatic heterocycles.